The van der Waals surface area contributed by atoms with Gasteiger partial charge in [-0.1, -0.05) is 51.4 Å². The van der Waals surface area contributed by atoms with Gasteiger partial charge in [-0.15, -0.1) is 0 Å². The van der Waals surface area contributed by atoms with Crippen LogP contribution in [0.2, 0.25) is 5.02 Å². The molecule has 0 aromatic heterocycles. The first kappa shape index (κ1) is 18.5. The minimum Gasteiger partial charge on any atom is -0.213 e. The summed E-state index contributed by atoms with van der Waals surface area (Å²) in [7, 11) is -3.29. The monoisotopic (exact) mass is 331 g/mol. The van der Waals surface area contributed by atoms with Crippen molar-refractivity contribution in [3.05, 3.63) is 34.3 Å². The molecule has 21 heavy (non-hydrogen) atoms. The number of halogens is 1. The minimum absolute atomic E-state index is 0.0245. The fraction of sp³-hybridized carbons (Fsp3) is 0.625. The van der Waals surface area contributed by atoms with Gasteiger partial charge in [0.25, 0.3) is 0 Å². The van der Waals surface area contributed by atoms with Gasteiger partial charge in [-0.05, 0) is 42.4 Å². The molecule has 1 unspecified atom stereocenters. The molecule has 0 radical (unpaired) electrons. The van der Waals surface area contributed by atoms with E-state index in [2.05, 4.69) is 25.5 Å². The number of rotatable bonds is 5. The molecule has 0 aliphatic heterocycles. The Morgan fingerprint density at radius 3 is 2.19 bits per heavy atom. The first-order valence-electron chi connectivity index (χ1n) is 7.22. The zero-order chi connectivity index (χ0) is 16.4. The van der Waals surface area contributed by atoms with Crippen molar-refractivity contribution in [3.8, 4) is 0 Å². The van der Waals surface area contributed by atoms with Crippen molar-refractivity contribution in [1.82, 2.24) is 4.72 Å². The molecule has 1 N–H and O–H groups in total. The predicted octanol–water partition coefficient (Wildman–Crippen LogP) is 4.07. The summed E-state index contributed by atoms with van der Waals surface area (Å²) in [5.41, 5.74) is 2.04. The molecule has 5 heteroatoms. The number of nitrogens with one attached hydrogen (secondary N) is 1. The summed E-state index contributed by atoms with van der Waals surface area (Å²) in [5.74, 6) is -0.109. The van der Waals surface area contributed by atoms with E-state index in [-0.39, 0.29) is 23.1 Å². The van der Waals surface area contributed by atoms with Crippen LogP contribution in [0.1, 0.15) is 58.6 Å². The highest BCUT2D eigenvalue weighted by Gasteiger charge is 2.21. The van der Waals surface area contributed by atoms with Crippen LogP contribution >= 0.6 is 11.6 Å². The second-order valence-corrected chi connectivity index (χ2v) is 9.15. The van der Waals surface area contributed by atoms with Crippen LogP contribution in [0.5, 0.6) is 0 Å². The van der Waals surface area contributed by atoms with Gasteiger partial charge in [-0.25, -0.2) is 13.1 Å². The lowest BCUT2D eigenvalue weighted by Crippen LogP contribution is -2.33. The molecule has 0 saturated heterocycles. The molecule has 1 aromatic carbocycles. The summed E-state index contributed by atoms with van der Waals surface area (Å²) in [6.07, 6.45) is 0. The van der Waals surface area contributed by atoms with Gasteiger partial charge < -0.3 is 0 Å². The lowest BCUT2D eigenvalue weighted by atomic mass is 9.86. The van der Waals surface area contributed by atoms with Crippen molar-refractivity contribution in [2.45, 2.75) is 58.9 Å². The fourth-order valence-corrected chi connectivity index (χ4v) is 4.24. The molecule has 3 nitrogen and oxygen atoms in total. The van der Waals surface area contributed by atoms with Crippen LogP contribution in [0.3, 0.4) is 0 Å². The van der Waals surface area contributed by atoms with Gasteiger partial charge in [-0.2, -0.15) is 0 Å². The van der Waals surface area contributed by atoms with Gasteiger partial charge in [0.05, 0.1) is 5.75 Å². The van der Waals surface area contributed by atoms with Gasteiger partial charge in [0.15, 0.2) is 0 Å². The molecule has 0 fully saturated rings. The maximum Gasteiger partial charge on any atom is 0.212 e. The average molecular weight is 332 g/mol. The molecule has 1 rings (SSSR count). The molecular formula is C16H26ClNO2S. The molecular weight excluding hydrogens is 306 g/mol. The quantitative estimate of drug-likeness (QED) is 0.884. The minimum atomic E-state index is -3.29. The average Bonchev–Trinajstić information content (AvgIpc) is 2.24. The lowest BCUT2D eigenvalue weighted by Gasteiger charge is -2.22. The molecule has 0 aliphatic rings. The maximum absolute atomic E-state index is 12.0. The van der Waals surface area contributed by atoms with Gasteiger partial charge in [0.2, 0.25) is 10.0 Å². The summed E-state index contributed by atoms with van der Waals surface area (Å²) in [4.78, 5) is 0. The van der Waals surface area contributed by atoms with E-state index in [1.807, 2.05) is 39.0 Å². The summed E-state index contributed by atoms with van der Waals surface area (Å²) >= 11 is 6.35. The topological polar surface area (TPSA) is 46.2 Å². The van der Waals surface area contributed by atoms with Crippen molar-refractivity contribution < 1.29 is 8.42 Å². The van der Waals surface area contributed by atoms with E-state index in [9.17, 15) is 8.42 Å². The third kappa shape index (κ3) is 5.61. The first-order valence-corrected chi connectivity index (χ1v) is 9.25. The van der Waals surface area contributed by atoms with Crippen molar-refractivity contribution in [3.63, 3.8) is 0 Å². The zero-order valence-electron chi connectivity index (χ0n) is 13.7. The normalized spacial score (nSPS) is 14.5. The van der Waals surface area contributed by atoms with Crippen LogP contribution in [0, 0.1) is 0 Å². The van der Waals surface area contributed by atoms with Crippen LogP contribution in [-0.4, -0.2) is 20.2 Å². The van der Waals surface area contributed by atoms with Crippen LogP contribution in [0.25, 0.3) is 0 Å². The number of hydrogen-bond acceptors (Lipinski definition) is 2. The molecule has 0 aliphatic carbocycles. The zero-order valence-corrected chi connectivity index (χ0v) is 15.3. The molecule has 1 atom stereocenters. The standard InChI is InChI=1S/C16H26ClNO2S/c1-11(2)18-21(19,20)10-12(3)14-8-7-13(9-15(14)17)16(4,5)6/h7-9,11-12,18H,10H2,1-6H3. The summed E-state index contributed by atoms with van der Waals surface area (Å²) in [5, 5.41) is 0.634. The SMILES string of the molecule is CC(C)NS(=O)(=O)CC(C)c1ccc(C(C)(C)C)cc1Cl. The van der Waals surface area contributed by atoms with Crippen molar-refractivity contribution in [1.29, 1.82) is 0 Å². The predicted molar refractivity (Wildman–Crippen MR) is 90.6 cm³/mol. The Balaban J connectivity index is 2.97. The molecule has 1 aromatic rings. The molecule has 0 spiro atoms. The second kappa shape index (κ2) is 6.67. The van der Waals surface area contributed by atoms with E-state index in [1.165, 1.54) is 0 Å². The lowest BCUT2D eigenvalue weighted by molar-refractivity contribution is 0.564. The third-order valence-corrected chi connectivity index (χ3v) is 5.38. The fourth-order valence-electron chi connectivity index (χ4n) is 2.22. The largest absolute Gasteiger partial charge is 0.213 e. The number of benzene rings is 1. The number of sulfonamides is 1. The molecule has 120 valence electrons. The highest BCUT2D eigenvalue weighted by atomic mass is 35.5. The highest BCUT2D eigenvalue weighted by Crippen LogP contribution is 2.31. The molecule has 0 bridgehead atoms. The molecule has 0 saturated carbocycles. The second-order valence-electron chi connectivity index (χ2n) is 6.94. The van der Waals surface area contributed by atoms with E-state index in [0.717, 1.165) is 11.1 Å². The van der Waals surface area contributed by atoms with Crippen molar-refractivity contribution in [2.75, 3.05) is 5.75 Å². The van der Waals surface area contributed by atoms with Gasteiger partial charge >= 0.3 is 0 Å². The first-order chi connectivity index (χ1) is 9.42. The van der Waals surface area contributed by atoms with E-state index in [0.29, 0.717) is 5.02 Å². The smallest absolute Gasteiger partial charge is 0.212 e. The van der Waals surface area contributed by atoms with E-state index < -0.39 is 10.0 Å². The Bertz CT molecular complexity index is 589. The summed E-state index contributed by atoms with van der Waals surface area (Å²) in [6.45, 7) is 11.9. The summed E-state index contributed by atoms with van der Waals surface area (Å²) in [6, 6.07) is 5.81. The maximum atomic E-state index is 12.0. The van der Waals surface area contributed by atoms with Crippen LogP contribution < -0.4 is 4.72 Å². The van der Waals surface area contributed by atoms with Crippen LogP contribution in [0.4, 0.5) is 0 Å². The van der Waals surface area contributed by atoms with Crippen LogP contribution in [-0.2, 0) is 15.4 Å². The Hall–Kier alpha value is -0.580. The van der Waals surface area contributed by atoms with Gasteiger partial charge in [0, 0.05) is 11.1 Å². The Kier molecular flexibility index (Phi) is 5.87. The summed E-state index contributed by atoms with van der Waals surface area (Å²) < 4.78 is 26.6. The van der Waals surface area contributed by atoms with Crippen molar-refractivity contribution in [2.24, 2.45) is 0 Å². The number of hydrogen-bond donors (Lipinski definition) is 1. The van der Waals surface area contributed by atoms with Gasteiger partial charge in [-0.3, -0.25) is 0 Å². The van der Waals surface area contributed by atoms with Gasteiger partial charge in [0.1, 0.15) is 0 Å². The van der Waals surface area contributed by atoms with Crippen LogP contribution in [0.15, 0.2) is 18.2 Å². The van der Waals surface area contributed by atoms with Crippen molar-refractivity contribution >= 4 is 21.6 Å². The van der Waals surface area contributed by atoms with E-state index >= 15 is 0 Å². The van der Waals surface area contributed by atoms with E-state index in [4.69, 9.17) is 11.6 Å². The molecule has 0 heterocycles. The highest BCUT2D eigenvalue weighted by molar-refractivity contribution is 7.89. The Labute approximate surface area is 134 Å². The Morgan fingerprint density at radius 2 is 1.76 bits per heavy atom. The Morgan fingerprint density at radius 1 is 1.19 bits per heavy atom. The van der Waals surface area contributed by atoms with E-state index in [1.54, 1.807) is 0 Å². The molecule has 0 amide bonds. The third-order valence-electron chi connectivity index (χ3n) is 3.28.